The zero-order valence-corrected chi connectivity index (χ0v) is 15.0. The van der Waals surface area contributed by atoms with E-state index in [-0.39, 0.29) is 18.4 Å². The standard InChI is InChI=1S/C19H25N3O3/c1-4-5-8-25-17-7-6-16(10-18(17)24-3)14(2)22-19(23)9-15-11-20-13-21-12-15/h6-7,10-14H,4-5,8-9H2,1-3H3,(H,22,23). The second-order valence-corrected chi connectivity index (χ2v) is 5.83. The van der Waals surface area contributed by atoms with Crippen LogP contribution in [-0.2, 0) is 11.2 Å². The summed E-state index contributed by atoms with van der Waals surface area (Å²) in [4.78, 5) is 20.0. The Bertz CT molecular complexity index is 677. The molecule has 0 saturated carbocycles. The van der Waals surface area contributed by atoms with Gasteiger partial charge in [0.2, 0.25) is 5.91 Å². The summed E-state index contributed by atoms with van der Waals surface area (Å²) in [5.41, 5.74) is 1.74. The van der Waals surface area contributed by atoms with Crippen LogP contribution in [0.2, 0.25) is 0 Å². The average molecular weight is 343 g/mol. The molecular weight excluding hydrogens is 318 g/mol. The largest absolute Gasteiger partial charge is 0.493 e. The van der Waals surface area contributed by atoms with Gasteiger partial charge in [-0.1, -0.05) is 19.4 Å². The molecule has 0 fully saturated rings. The number of hydrogen-bond acceptors (Lipinski definition) is 5. The third-order valence-electron chi connectivity index (χ3n) is 3.80. The average Bonchev–Trinajstić information content (AvgIpc) is 2.62. The first-order valence-corrected chi connectivity index (χ1v) is 8.48. The molecule has 0 spiro atoms. The van der Waals surface area contributed by atoms with Gasteiger partial charge in [-0.05, 0) is 36.6 Å². The lowest BCUT2D eigenvalue weighted by molar-refractivity contribution is -0.121. The zero-order chi connectivity index (χ0) is 18.1. The van der Waals surface area contributed by atoms with E-state index >= 15 is 0 Å². The smallest absolute Gasteiger partial charge is 0.225 e. The van der Waals surface area contributed by atoms with Gasteiger partial charge in [-0.3, -0.25) is 4.79 Å². The first-order valence-electron chi connectivity index (χ1n) is 8.48. The monoisotopic (exact) mass is 343 g/mol. The maximum absolute atomic E-state index is 12.2. The number of amides is 1. The lowest BCUT2D eigenvalue weighted by Crippen LogP contribution is -2.28. The third-order valence-corrected chi connectivity index (χ3v) is 3.80. The number of carbonyl (C=O) groups excluding carboxylic acids is 1. The van der Waals surface area contributed by atoms with Crippen LogP contribution in [0.15, 0.2) is 36.9 Å². The number of nitrogens with zero attached hydrogens (tertiary/aromatic N) is 2. The molecule has 1 aromatic heterocycles. The Hall–Kier alpha value is -2.63. The molecule has 25 heavy (non-hydrogen) atoms. The summed E-state index contributed by atoms with van der Waals surface area (Å²) < 4.78 is 11.2. The van der Waals surface area contributed by atoms with E-state index in [9.17, 15) is 4.79 Å². The normalized spacial score (nSPS) is 11.6. The van der Waals surface area contributed by atoms with Crippen molar-refractivity contribution in [1.82, 2.24) is 15.3 Å². The van der Waals surface area contributed by atoms with Gasteiger partial charge in [0.1, 0.15) is 6.33 Å². The topological polar surface area (TPSA) is 73.3 Å². The predicted octanol–water partition coefficient (Wildman–Crippen LogP) is 3.08. The fraction of sp³-hybridized carbons (Fsp3) is 0.421. The van der Waals surface area contributed by atoms with Crippen molar-refractivity contribution in [3.8, 4) is 11.5 Å². The van der Waals surface area contributed by atoms with E-state index < -0.39 is 0 Å². The summed E-state index contributed by atoms with van der Waals surface area (Å²) in [5.74, 6) is 1.32. The number of carbonyl (C=O) groups is 1. The fourth-order valence-electron chi connectivity index (χ4n) is 2.38. The van der Waals surface area contributed by atoms with Crippen LogP contribution in [-0.4, -0.2) is 29.6 Å². The van der Waals surface area contributed by atoms with Crippen molar-refractivity contribution in [2.75, 3.05) is 13.7 Å². The second-order valence-electron chi connectivity index (χ2n) is 5.83. The van der Waals surface area contributed by atoms with Gasteiger partial charge in [0.25, 0.3) is 0 Å². The molecule has 6 heteroatoms. The van der Waals surface area contributed by atoms with Crippen LogP contribution in [0.25, 0.3) is 0 Å². The number of rotatable bonds is 9. The predicted molar refractivity (Wildman–Crippen MR) is 95.7 cm³/mol. The lowest BCUT2D eigenvalue weighted by Gasteiger charge is -2.17. The molecule has 0 aliphatic rings. The Balaban J connectivity index is 1.98. The first-order chi connectivity index (χ1) is 12.1. The molecule has 1 unspecified atom stereocenters. The molecule has 1 heterocycles. The fourth-order valence-corrected chi connectivity index (χ4v) is 2.38. The van der Waals surface area contributed by atoms with Crippen LogP contribution in [0.1, 0.15) is 43.9 Å². The van der Waals surface area contributed by atoms with Crippen molar-refractivity contribution in [2.45, 2.75) is 39.2 Å². The van der Waals surface area contributed by atoms with Gasteiger partial charge in [0, 0.05) is 12.4 Å². The molecule has 0 aliphatic heterocycles. The van der Waals surface area contributed by atoms with Crippen molar-refractivity contribution >= 4 is 5.91 Å². The summed E-state index contributed by atoms with van der Waals surface area (Å²) in [6, 6.07) is 5.59. The van der Waals surface area contributed by atoms with E-state index in [1.807, 2.05) is 25.1 Å². The Labute approximate surface area is 148 Å². The summed E-state index contributed by atoms with van der Waals surface area (Å²) in [7, 11) is 1.62. The van der Waals surface area contributed by atoms with Crippen molar-refractivity contribution in [3.63, 3.8) is 0 Å². The van der Waals surface area contributed by atoms with Crippen LogP contribution in [0.5, 0.6) is 11.5 Å². The number of aromatic nitrogens is 2. The molecular formula is C19H25N3O3. The van der Waals surface area contributed by atoms with Gasteiger partial charge in [-0.2, -0.15) is 0 Å². The van der Waals surface area contributed by atoms with Crippen LogP contribution in [0, 0.1) is 0 Å². The minimum atomic E-state index is -0.143. The van der Waals surface area contributed by atoms with Crippen LogP contribution in [0.3, 0.4) is 0 Å². The van der Waals surface area contributed by atoms with Gasteiger partial charge in [-0.25, -0.2) is 9.97 Å². The molecule has 1 N–H and O–H groups in total. The molecule has 0 radical (unpaired) electrons. The number of ether oxygens (including phenoxy) is 2. The zero-order valence-electron chi connectivity index (χ0n) is 15.0. The second kappa shape index (κ2) is 9.61. The molecule has 2 rings (SSSR count). The van der Waals surface area contributed by atoms with E-state index in [1.165, 1.54) is 6.33 Å². The highest BCUT2D eigenvalue weighted by Crippen LogP contribution is 2.30. The van der Waals surface area contributed by atoms with Crippen molar-refractivity contribution < 1.29 is 14.3 Å². The Kier molecular flexibility index (Phi) is 7.19. The molecule has 1 amide bonds. The Morgan fingerprint density at radius 1 is 1.24 bits per heavy atom. The van der Waals surface area contributed by atoms with Gasteiger partial charge in [-0.15, -0.1) is 0 Å². The number of methoxy groups -OCH3 is 1. The molecule has 0 saturated heterocycles. The highest BCUT2D eigenvalue weighted by atomic mass is 16.5. The molecule has 1 atom stereocenters. The quantitative estimate of drug-likeness (QED) is 0.708. The van der Waals surface area contributed by atoms with Crippen LogP contribution >= 0.6 is 0 Å². The van der Waals surface area contributed by atoms with E-state index in [1.54, 1.807) is 19.5 Å². The third kappa shape index (κ3) is 5.74. The molecule has 2 aromatic rings. The summed E-state index contributed by atoms with van der Waals surface area (Å²) in [6.07, 6.45) is 7.06. The number of nitrogens with one attached hydrogen (secondary N) is 1. The van der Waals surface area contributed by atoms with E-state index in [0.717, 1.165) is 29.7 Å². The maximum atomic E-state index is 12.2. The Morgan fingerprint density at radius 3 is 2.68 bits per heavy atom. The minimum Gasteiger partial charge on any atom is -0.493 e. The SMILES string of the molecule is CCCCOc1ccc(C(C)NC(=O)Cc2cncnc2)cc1OC. The van der Waals surface area contributed by atoms with E-state index in [0.29, 0.717) is 12.4 Å². The van der Waals surface area contributed by atoms with Gasteiger partial charge >= 0.3 is 0 Å². The molecule has 6 nitrogen and oxygen atoms in total. The van der Waals surface area contributed by atoms with E-state index in [4.69, 9.17) is 9.47 Å². The number of benzene rings is 1. The maximum Gasteiger partial charge on any atom is 0.225 e. The molecule has 0 bridgehead atoms. The van der Waals surface area contributed by atoms with Crippen molar-refractivity contribution in [2.24, 2.45) is 0 Å². The highest BCUT2D eigenvalue weighted by molar-refractivity contribution is 5.78. The lowest BCUT2D eigenvalue weighted by atomic mass is 10.1. The number of hydrogen-bond donors (Lipinski definition) is 1. The van der Waals surface area contributed by atoms with E-state index in [2.05, 4.69) is 22.2 Å². The van der Waals surface area contributed by atoms with Gasteiger partial charge in [0.15, 0.2) is 11.5 Å². The van der Waals surface area contributed by atoms with Gasteiger partial charge < -0.3 is 14.8 Å². The Morgan fingerprint density at radius 2 is 2.00 bits per heavy atom. The van der Waals surface area contributed by atoms with Crippen molar-refractivity contribution in [1.29, 1.82) is 0 Å². The minimum absolute atomic E-state index is 0.0791. The summed E-state index contributed by atoms with van der Waals surface area (Å²) in [5, 5.41) is 2.98. The molecule has 1 aromatic carbocycles. The first kappa shape index (κ1) is 18.7. The van der Waals surface area contributed by atoms with Crippen molar-refractivity contribution in [3.05, 3.63) is 48.0 Å². The van der Waals surface area contributed by atoms with Crippen LogP contribution in [0.4, 0.5) is 0 Å². The molecule has 134 valence electrons. The van der Waals surface area contributed by atoms with Gasteiger partial charge in [0.05, 0.1) is 26.2 Å². The number of unbranched alkanes of at least 4 members (excludes halogenated alkanes) is 1. The summed E-state index contributed by atoms with van der Waals surface area (Å²) in [6.45, 7) is 4.72. The highest BCUT2D eigenvalue weighted by Gasteiger charge is 2.13. The van der Waals surface area contributed by atoms with Crippen LogP contribution < -0.4 is 14.8 Å². The summed E-state index contributed by atoms with van der Waals surface area (Å²) >= 11 is 0. The molecule has 0 aliphatic carbocycles.